The predicted octanol–water partition coefficient (Wildman–Crippen LogP) is 2.30. The first-order chi connectivity index (χ1) is 9.72. The topological polar surface area (TPSA) is 58.6 Å². The van der Waals surface area contributed by atoms with Crippen LogP contribution >= 0.6 is 15.9 Å². The third-order valence-electron chi connectivity index (χ3n) is 3.21. The minimum Gasteiger partial charge on any atom is -0.449 e. The number of aromatic nitrogens is 2. The number of amides is 1. The Morgan fingerprint density at radius 2 is 2.15 bits per heavy atom. The highest BCUT2D eigenvalue weighted by Gasteiger charge is 2.23. The van der Waals surface area contributed by atoms with Crippen LogP contribution in [0.4, 0.5) is 10.6 Å². The summed E-state index contributed by atoms with van der Waals surface area (Å²) in [6, 6.07) is 0. The first kappa shape index (κ1) is 15.0. The largest absolute Gasteiger partial charge is 0.449 e. The van der Waals surface area contributed by atoms with Crippen molar-refractivity contribution >= 4 is 27.8 Å². The number of unbranched alkanes of at least 4 members (excludes halogenated alkanes) is 1. The molecule has 110 valence electrons. The van der Waals surface area contributed by atoms with Crippen molar-refractivity contribution in [3.8, 4) is 0 Å². The normalized spacial score (nSPS) is 15.3. The standard InChI is InChI=1S/C13H19BrN4O2/c1-2-3-8-20-13(19)18-6-4-17(5-7-18)12-11(14)9-15-10-16-12/h9-10H,2-8H2,1H3. The Hall–Kier alpha value is -1.37. The highest BCUT2D eigenvalue weighted by molar-refractivity contribution is 9.10. The molecule has 7 heteroatoms. The van der Waals surface area contributed by atoms with Gasteiger partial charge in [0.25, 0.3) is 0 Å². The summed E-state index contributed by atoms with van der Waals surface area (Å²) in [5.74, 6) is 0.874. The van der Waals surface area contributed by atoms with Gasteiger partial charge in [-0.2, -0.15) is 0 Å². The Morgan fingerprint density at radius 1 is 1.40 bits per heavy atom. The lowest BCUT2D eigenvalue weighted by Crippen LogP contribution is -2.49. The van der Waals surface area contributed by atoms with Crippen LogP contribution in [0.2, 0.25) is 0 Å². The fraction of sp³-hybridized carbons (Fsp3) is 0.615. The van der Waals surface area contributed by atoms with Gasteiger partial charge in [0.15, 0.2) is 0 Å². The van der Waals surface area contributed by atoms with Crippen molar-refractivity contribution in [3.05, 3.63) is 17.0 Å². The van der Waals surface area contributed by atoms with Gasteiger partial charge in [-0.25, -0.2) is 14.8 Å². The lowest BCUT2D eigenvalue weighted by molar-refractivity contribution is 0.0989. The molecule has 0 bridgehead atoms. The zero-order chi connectivity index (χ0) is 14.4. The Bertz CT molecular complexity index is 450. The number of hydrogen-bond acceptors (Lipinski definition) is 5. The van der Waals surface area contributed by atoms with Crippen LogP contribution in [0.25, 0.3) is 0 Å². The molecule has 1 aromatic heterocycles. The van der Waals surface area contributed by atoms with Crippen LogP contribution in [0.3, 0.4) is 0 Å². The first-order valence-corrected chi connectivity index (χ1v) is 7.64. The van der Waals surface area contributed by atoms with E-state index >= 15 is 0 Å². The Morgan fingerprint density at radius 3 is 2.80 bits per heavy atom. The summed E-state index contributed by atoms with van der Waals surface area (Å²) in [6.45, 7) is 5.39. The molecule has 0 aliphatic carbocycles. The molecule has 2 rings (SSSR count). The Labute approximate surface area is 127 Å². The van der Waals surface area contributed by atoms with Crippen molar-refractivity contribution in [2.24, 2.45) is 0 Å². The number of rotatable bonds is 4. The lowest BCUT2D eigenvalue weighted by Gasteiger charge is -2.35. The van der Waals surface area contributed by atoms with Crippen molar-refractivity contribution in [3.63, 3.8) is 0 Å². The van der Waals surface area contributed by atoms with Gasteiger partial charge in [0, 0.05) is 32.4 Å². The maximum absolute atomic E-state index is 11.8. The highest BCUT2D eigenvalue weighted by atomic mass is 79.9. The molecule has 1 aliphatic rings. The van der Waals surface area contributed by atoms with E-state index in [4.69, 9.17) is 4.74 Å². The van der Waals surface area contributed by atoms with E-state index in [-0.39, 0.29) is 6.09 Å². The quantitative estimate of drug-likeness (QED) is 0.785. The second-order valence-corrected chi connectivity index (χ2v) is 5.49. The average Bonchev–Trinajstić information content (AvgIpc) is 2.48. The lowest BCUT2D eigenvalue weighted by atomic mass is 10.3. The van der Waals surface area contributed by atoms with Crippen molar-refractivity contribution in [1.82, 2.24) is 14.9 Å². The van der Waals surface area contributed by atoms with Crippen molar-refractivity contribution < 1.29 is 9.53 Å². The van der Waals surface area contributed by atoms with Crippen LogP contribution in [0, 0.1) is 0 Å². The van der Waals surface area contributed by atoms with E-state index in [1.165, 1.54) is 6.33 Å². The van der Waals surface area contributed by atoms with E-state index in [9.17, 15) is 4.79 Å². The van der Waals surface area contributed by atoms with Gasteiger partial charge >= 0.3 is 6.09 Å². The van der Waals surface area contributed by atoms with Crippen LogP contribution in [0.1, 0.15) is 19.8 Å². The molecule has 1 amide bonds. The maximum atomic E-state index is 11.8. The van der Waals surface area contributed by atoms with Crippen LogP contribution in [0.5, 0.6) is 0 Å². The molecule has 0 atom stereocenters. The van der Waals surface area contributed by atoms with Crippen LogP contribution in [-0.4, -0.2) is 53.7 Å². The highest BCUT2D eigenvalue weighted by Crippen LogP contribution is 2.23. The van der Waals surface area contributed by atoms with Crippen molar-refractivity contribution in [2.45, 2.75) is 19.8 Å². The number of carbonyl (C=O) groups excluding carboxylic acids is 1. The van der Waals surface area contributed by atoms with E-state index in [0.717, 1.165) is 36.2 Å². The molecule has 2 heterocycles. The fourth-order valence-electron chi connectivity index (χ4n) is 2.03. The van der Waals surface area contributed by atoms with E-state index in [1.54, 1.807) is 11.1 Å². The average molecular weight is 343 g/mol. The van der Waals surface area contributed by atoms with E-state index in [2.05, 4.69) is 37.7 Å². The van der Waals surface area contributed by atoms with Gasteiger partial charge in [-0.05, 0) is 22.4 Å². The molecule has 1 fully saturated rings. The zero-order valence-electron chi connectivity index (χ0n) is 11.6. The number of anilines is 1. The molecule has 0 saturated carbocycles. The van der Waals surface area contributed by atoms with Gasteiger partial charge < -0.3 is 14.5 Å². The summed E-state index contributed by atoms with van der Waals surface area (Å²) in [5.41, 5.74) is 0. The van der Waals surface area contributed by atoms with Crippen LogP contribution < -0.4 is 4.90 Å². The molecule has 0 aromatic carbocycles. The summed E-state index contributed by atoms with van der Waals surface area (Å²) in [6.07, 6.45) is 5.00. The van der Waals surface area contributed by atoms with Crippen LogP contribution in [0.15, 0.2) is 17.0 Å². The van der Waals surface area contributed by atoms with Gasteiger partial charge in [-0.15, -0.1) is 0 Å². The van der Waals surface area contributed by atoms with Gasteiger partial charge in [-0.1, -0.05) is 13.3 Å². The Kier molecular flexibility index (Phi) is 5.58. The summed E-state index contributed by atoms with van der Waals surface area (Å²) in [5, 5.41) is 0. The van der Waals surface area contributed by atoms with E-state index < -0.39 is 0 Å². The molecule has 1 aliphatic heterocycles. The number of carbonyl (C=O) groups is 1. The minimum absolute atomic E-state index is 0.208. The second-order valence-electron chi connectivity index (χ2n) is 4.64. The predicted molar refractivity (Wildman–Crippen MR) is 79.8 cm³/mol. The summed E-state index contributed by atoms with van der Waals surface area (Å²) in [7, 11) is 0. The number of nitrogens with zero attached hydrogens (tertiary/aromatic N) is 4. The van der Waals surface area contributed by atoms with Crippen molar-refractivity contribution in [2.75, 3.05) is 37.7 Å². The molecular weight excluding hydrogens is 324 g/mol. The molecule has 0 unspecified atom stereocenters. The second kappa shape index (κ2) is 7.42. The smallest absolute Gasteiger partial charge is 0.409 e. The van der Waals surface area contributed by atoms with Crippen molar-refractivity contribution in [1.29, 1.82) is 0 Å². The van der Waals surface area contributed by atoms with Gasteiger partial charge in [-0.3, -0.25) is 0 Å². The summed E-state index contributed by atoms with van der Waals surface area (Å²) >= 11 is 3.45. The third kappa shape index (κ3) is 3.82. The number of halogens is 1. The summed E-state index contributed by atoms with van der Waals surface area (Å²) in [4.78, 5) is 23.9. The molecule has 20 heavy (non-hydrogen) atoms. The minimum atomic E-state index is -0.208. The number of ether oxygens (including phenoxy) is 1. The number of hydrogen-bond donors (Lipinski definition) is 0. The van der Waals surface area contributed by atoms with E-state index in [1.807, 2.05) is 0 Å². The molecule has 6 nitrogen and oxygen atoms in total. The molecule has 1 aromatic rings. The molecule has 1 saturated heterocycles. The molecule has 0 radical (unpaired) electrons. The van der Waals surface area contributed by atoms with E-state index in [0.29, 0.717) is 19.7 Å². The van der Waals surface area contributed by atoms with Gasteiger partial charge in [0.1, 0.15) is 12.1 Å². The molecule has 0 spiro atoms. The fourth-order valence-corrected chi connectivity index (χ4v) is 2.51. The van der Waals surface area contributed by atoms with Gasteiger partial charge in [0.05, 0.1) is 11.1 Å². The zero-order valence-corrected chi connectivity index (χ0v) is 13.2. The molecular formula is C13H19BrN4O2. The monoisotopic (exact) mass is 342 g/mol. The van der Waals surface area contributed by atoms with Crippen LogP contribution in [-0.2, 0) is 4.74 Å². The first-order valence-electron chi connectivity index (χ1n) is 6.84. The maximum Gasteiger partial charge on any atom is 0.409 e. The Balaban J connectivity index is 1.83. The molecule has 0 N–H and O–H groups in total. The van der Waals surface area contributed by atoms with Gasteiger partial charge in [0.2, 0.25) is 0 Å². The third-order valence-corrected chi connectivity index (χ3v) is 3.77. The SMILES string of the molecule is CCCCOC(=O)N1CCN(c2ncncc2Br)CC1. The summed E-state index contributed by atoms with van der Waals surface area (Å²) < 4.78 is 6.09. The number of piperazine rings is 1.